The van der Waals surface area contributed by atoms with E-state index in [0.29, 0.717) is 5.82 Å². The topological polar surface area (TPSA) is 50.2 Å². The number of nitrogens with one attached hydrogen (secondary N) is 1. The van der Waals surface area contributed by atoms with E-state index in [-0.39, 0.29) is 0 Å². The van der Waals surface area contributed by atoms with E-state index in [2.05, 4.69) is 58.8 Å². The summed E-state index contributed by atoms with van der Waals surface area (Å²) in [6.07, 6.45) is 1.79. The summed E-state index contributed by atoms with van der Waals surface area (Å²) in [5.41, 5.74) is 7.50. The van der Waals surface area contributed by atoms with Crippen molar-refractivity contribution in [3.8, 4) is 11.3 Å². The monoisotopic (exact) mass is 358 g/mol. The number of hydrogen-bond donors (Lipinski definition) is 1. The van der Waals surface area contributed by atoms with Crippen LogP contribution in [0.4, 0.5) is 5.82 Å². The average Bonchev–Trinajstić information content (AvgIpc) is 3.18. The predicted octanol–water partition coefficient (Wildman–Crippen LogP) is 5.42. The Morgan fingerprint density at radius 3 is 2.54 bits per heavy atom. The van der Waals surface area contributed by atoms with Gasteiger partial charge >= 0.3 is 0 Å². The summed E-state index contributed by atoms with van der Waals surface area (Å²) in [5, 5.41) is 17.2. The van der Waals surface area contributed by atoms with Crippen LogP contribution in [0.15, 0.2) is 65.1 Å². The molecule has 1 N–H and O–H groups in total. The van der Waals surface area contributed by atoms with E-state index in [1.54, 1.807) is 17.6 Å². The molecule has 26 heavy (non-hydrogen) atoms. The van der Waals surface area contributed by atoms with E-state index in [0.717, 1.165) is 26.9 Å². The molecule has 0 amide bonds. The first-order chi connectivity index (χ1) is 12.7. The molecule has 0 saturated carbocycles. The summed E-state index contributed by atoms with van der Waals surface area (Å²) in [5.74, 6) is 0.654. The van der Waals surface area contributed by atoms with Crippen LogP contribution in [-0.2, 0) is 0 Å². The zero-order chi connectivity index (χ0) is 17.9. The Morgan fingerprint density at radius 1 is 0.923 bits per heavy atom. The molecule has 5 heteroatoms. The second-order valence-corrected chi connectivity index (χ2v) is 7.11. The van der Waals surface area contributed by atoms with E-state index in [9.17, 15) is 0 Å². The fourth-order valence-corrected chi connectivity index (χ4v) is 3.40. The second kappa shape index (κ2) is 7.06. The molecule has 128 valence electrons. The largest absolute Gasteiger partial charge is 0.259 e. The third-order valence-electron chi connectivity index (χ3n) is 4.37. The van der Waals surface area contributed by atoms with Gasteiger partial charge in [-0.15, -0.1) is 21.5 Å². The molecule has 0 atom stereocenters. The van der Waals surface area contributed by atoms with Crippen molar-refractivity contribution < 1.29 is 0 Å². The van der Waals surface area contributed by atoms with Crippen LogP contribution in [0.3, 0.4) is 0 Å². The van der Waals surface area contributed by atoms with Gasteiger partial charge in [0.2, 0.25) is 0 Å². The van der Waals surface area contributed by atoms with Gasteiger partial charge in [0.1, 0.15) is 5.69 Å². The van der Waals surface area contributed by atoms with Crippen molar-refractivity contribution >= 4 is 34.1 Å². The average molecular weight is 358 g/mol. The molecular formula is C21H18N4S. The molecule has 0 aliphatic heterocycles. The highest BCUT2D eigenvalue weighted by molar-refractivity contribution is 7.11. The number of aromatic nitrogens is 2. The lowest BCUT2D eigenvalue weighted by Gasteiger charge is -2.10. The quantitative estimate of drug-likeness (QED) is 0.391. The van der Waals surface area contributed by atoms with Crippen LogP contribution in [0.5, 0.6) is 0 Å². The molecule has 2 aromatic heterocycles. The Labute approximate surface area is 156 Å². The van der Waals surface area contributed by atoms with Crippen molar-refractivity contribution in [1.82, 2.24) is 10.2 Å². The minimum Gasteiger partial charge on any atom is -0.259 e. The molecule has 0 unspecified atom stereocenters. The van der Waals surface area contributed by atoms with Gasteiger partial charge in [-0.1, -0.05) is 42.5 Å². The third-order valence-corrected chi connectivity index (χ3v) is 5.18. The summed E-state index contributed by atoms with van der Waals surface area (Å²) in [4.78, 5) is 1.08. The minimum atomic E-state index is 0.654. The van der Waals surface area contributed by atoms with Gasteiger partial charge in [0.15, 0.2) is 5.82 Å². The Morgan fingerprint density at radius 2 is 1.77 bits per heavy atom. The summed E-state index contributed by atoms with van der Waals surface area (Å²) >= 11 is 1.64. The Hall–Kier alpha value is -3.05. The van der Waals surface area contributed by atoms with E-state index < -0.39 is 0 Å². The molecule has 0 radical (unpaired) electrons. The van der Waals surface area contributed by atoms with E-state index in [1.165, 1.54) is 11.1 Å². The number of rotatable bonds is 4. The lowest BCUT2D eigenvalue weighted by atomic mass is 10.0. The Kier molecular flexibility index (Phi) is 4.46. The molecule has 2 aromatic carbocycles. The van der Waals surface area contributed by atoms with Gasteiger partial charge < -0.3 is 0 Å². The van der Waals surface area contributed by atoms with Gasteiger partial charge in [-0.25, -0.2) is 0 Å². The van der Waals surface area contributed by atoms with Crippen LogP contribution in [-0.4, -0.2) is 16.4 Å². The van der Waals surface area contributed by atoms with Gasteiger partial charge in [-0.05, 0) is 42.5 Å². The number of thiophene rings is 1. The molecule has 0 fully saturated rings. The van der Waals surface area contributed by atoms with E-state index in [1.807, 2.05) is 35.7 Å². The maximum absolute atomic E-state index is 4.48. The molecule has 4 aromatic rings. The molecule has 0 bridgehead atoms. The number of benzene rings is 2. The number of aryl methyl sites for hydroxylation is 2. The maximum atomic E-state index is 4.48. The van der Waals surface area contributed by atoms with Crippen LogP contribution in [0.25, 0.3) is 22.0 Å². The number of anilines is 1. The van der Waals surface area contributed by atoms with Crippen molar-refractivity contribution in [2.75, 3.05) is 5.43 Å². The summed E-state index contributed by atoms with van der Waals surface area (Å²) < 4.78 is 0. The molecule has 0 aliphatic rings. The lowest BCUT2D eigenvalue weighted by molar-refractivity contribution is 1.04. The van der Waals surface area contributed by atoms with Gasteiger partial charge in [0.25, 0.3) is 0 Å². The third kappa shape index (κ3) is 3.21. The molecular weight excluding hydrogens is 340 g/mol. The zero-order valence-corrected chi connectivity index (χ0v) is 15.4. The fourth-order valence-electron chi connectivity index (χ4n) is 2.81. The standard InChI is InChI=1S/C21H18N4S/c1-14-9-10-16(12-15(14)2)20-18-7-3-4-8-19(18)21(25-23-20)24-22-13-17-6-5-11-26-17/h3-13H,1-2H3,(H,24,25). The molecule has 0 saturated heterocycles. The summed E-state index contributed by atoms with van der Waals surface area (Å²) in [6.45, 7) is 4.23. The van der Waals surface area contributed by atoms with Gasteiger partial charge in [-0.3, -0.25) is 5.43 Å². The highest BCUT2D eigenvalue weighted by Gasteiger charge is 2.11. The predicted molar refractivity (Wildman–Crippen MR) is 110 cm³/mol. The number of hydrogen-bond acceptors (Lipinski definition) is 5. The minimum absolute atomic E-state index is 0.654. The van der Waals surface area contributed by atoms with Crippen LogP contribution < -0.4 is 5.43 Å². The van der Waals surface area contributed by atoms with Crippen molar-refractivity contribution in [3.05, 3.63) is 76.0 Å². The van der Waals surface area contributed by atoms with Gasteiger partial charge in [0, 0.05) is 21.2 Å². The van der Waals surface area contributed by atoms with Crippen LogP contribution in [0, 0.1) is 13.8 Å². The van der Waals surface area contributed by atoms with Crippen molar-refractivity contribution in [3.63, 3.8) is 0 Å². The normalized spacial score (nSPS) is 11.3. The highest BCUT2D eigenvalue weighted by Crippen LogP contribution is 2.30. The van der Waals surface area contributed by atoms with Crippen LogP contribution in [0.1, 0.15) is 16.0 Å². The van der Waals surface area contributed by atoms with E-state index in [4.69, 9.17) is 0 Å². The van der Waals surface area contributed by atoms with Crippen molar-refractivity contribution in [2.24, 2.45) is 5.10 Å². The fraction of sp³-hybridized carbons (Fsp3) is 0.0952. The van der Waals surface area contributed by atoms with Gasteiger partial charge in [0.05, 0.1) is 6.21 Å². The summed E-state index contributed by atoms with van der Waals surface area (Å²) in [7, 11) is 0. The molecule has 0 aliphatic carbocycles. The van der Waals surface area contributed by atoms with Crippen molar-refractivity contribution in [2.45, 2.75) is 13.8 Å². The Bertz CT molecular complexity index is 1080. The zero-order valence-electron chi connectivity index (χ0n) is 14.6. The lowest BCUT2D eigenvalue weighted by Crippen LogP contribution is -1.99. The van der Waals surface area contributed by atoms with Gasteiger partial charge in [-0.2, -0.15) is 5.10 Å². The summed E-state index contributed by atoms with van der Waals surface area (Å²) in [6, 6.07) is 18.5. The van der Waals surface area contributed by atoms with E-state index >= 15 is 0 Å². The molecule has 0 spiro atoms. The smallest absolute Gasteiger partial charge is 0.176 e. The molecule has 4 rings (SSSR count). The van der Waals surface area contributed by atoms with Crippen LogP contribution in [0.2, 0.25) is 0 Å². The highest BCUT2D eigenvalue weighted by atomic mass is 32.1. The number of fused-ring (bicyclic) bond motifs is 1. The first-order valence-corrected chi connectivity index (χ1v) is 9.26. The Balaban J connectivity index is 1.74. The van der Waals surface area contributed by atoms with Crippen molar-refractivity contribution in [1.29, 1.82) is 0 Å². The van der Waals surface area contributed by atoms with Crippen LogP contribution >= 0.6 is 11.3 Å². The second-order valence-electron chi connectivity index (χ2n) is 6.13. The number of hydrazone groups is 1. The maximum Gasteiger partial charge on any atom is 0.176 e. The molecule has 4 nitrogen and oxygen atoms in total. The number of nitrogens with zero attached hydrogens (tertiary/aromatic N) is 3. The first-order valence-electron chi connectivity index (χ1n) is 8.38. The SMILES string of the molecule is Cc1ccc(-c2nnc(NN=Cc3cccs3)c3ccccc23)cc1C. The first kappa shape index (κ1) is 16.4. The molecule has 2 heterocycles.